The number of nitrogens with one attached hydrogen (secondary N) is 1. The quantitative estimate of drug-likeness (QED) is 0.643. The molecule has 5 heteroatoms. The van der Waals surface area contributed by atoms with Gasteiger partial charge in [-0.25, -0.2) is 0 Å². The summed E-state index contributed by atoms with van der Waals surface area (Å²) in [5, 5.41) is 3.26. The molecule has 1 aromatic carbocycles. The maximum absolute atomic E-state index is 6.00. The van der Waals surface area contributed by atoms with Crippen molar-refractivity contribution in [2.75, 3.05) is 26.9 Å². The Morgan fingerprint density at radius 3 is 2.59 bits per heavy atom. The summed E-state index contributed by atoms with van der Waals surface area (Å²) in [5.41, 5.74) is 7.31. The van der Waals surface area contributed by atoms with Gasteiger partial charge in [0.2, 0.25) is 0 Å². The summed E-state index contributed by atoms with van der Waals surface area (Å²) in [6.45, 7) is 2.25. The molecule has 0 atom stereocenters. The molecule has 1 aliphatic carbocycles. The number of nitrogens with zero attached hydrogens (tertiary/aromatic N) is 1. The highest BCUT2D eigenvalue weighted by Gasteiger charge is 2.34. The van der Waals surface area contributed by atoms with Gasteiger partial charge in [0.15, 0.2) is 5.96 Å². The van der Waals surface area contributed by atoms with E-state index in [1.807, 2.05) is 12.1 Å². The summed E-state index contributed by atoms with van der Waals surface area (Å²) in [6.07, 6.45) is 4.35. The number of ether oxygens (including phenoxy) is 2. The molecule has 0 aromatic heterocycles. The molecule has 0 unspecified atom stereocenters. The normalized spacial score (nSPS) is 21.4. The molecule has 3 N–H and O–H groups in total. The van der Waals surface area contributed by atoms with E-state index in [9.17, 15) is 0 Å². The predicted molar refractivity (Wildman–Crippen MR) is 87.4 cm³/mol. The minimum atomic E-state index is 0.0143. The van der Waals surface area contributed by atoms with Gasteiger partial charge in [-0.15, -0.1) is 0 Å². The minimum absolute atomic E-state index is 0.0143. The third kappa shape index (κ3) is 3.53. The number of nitrogens with two attached hydrogens (primary N) is 1. The van der Waals surface area contributed by atoms with Crippen molar-refractivity contribution in [3.63, 3.8) is 0 Å². The van der Waals surface area contributed by atoms with Crippen molar-refractivity contribution in [2.45, 2.75) is 37.1 Å². The van der Waals surface area contributed by atoms with Gasteiger partial charge in [0.25, 0.3) is 0 Å². The van der Waals surface area contributed by atoms with Crippen molar-refractivity contribution < 1.29 is 9.47 Å². The van der Waals surface area contributed by atoms with Crippen LogP contribution in [0.15, 0.2) is 29.3 Å². The van der Waals surface area contributed by atoms with Crippen LogP contribution < -0.4 is 15.8 Å². The zero-order valence-corrected chi connectivity index (χ0v) is 13.2. The molecule has 0 amide bonds. The van der Waals surface area contributed by atoms with Crippen LogP contribution in [0.5, 0.6) is 5.75 Å². The van der Waals surface area contributed by atoms with E-state index >= 15 is 0 Å². The van der Waals surface area contributed by atoms with Gasteiger partial charge in [0.05, 0.1) is 13.7 Å². The summed E-state index contributed by atoms with van der Waals surface area (Å²) in [5.74, 6) is 1.45. The van der Waals surface area contributed by atoms with E-state index in [1.54, 1.807) is 7.11 Å². The monoisotopic (exact) mass is 303 g/mol. The lowest BCUT2D eigenvalue weighted by molar-refractivity contribution is 0.0531. The molecule has 1 aromatic rings. The van der Waals surface area contributed by atoms with Crippen LogP contribution in [-0.4, -0.2) is 38.9 Å². The third-order valence-corrected chi connectivity index (χ3v) is 4.63. The second kappa shape index (κ2) is 6.57. The van der Waals surface area contributed by atoms with Gasteiger partial charge in [-0.2, -0.15) is 0 Å². The van der Waals surface area contributed by atoms with E-state index in [2.05, 4.69) is 22.4 Å². The Morgan fingerprint density at radius 2 is 2.00 bits per heavy atom. The summed E-state index contributed by atoms with van der Waals surface area (Å²) in [4.78, 5) is 4.62. The molecular weight excluding hydrogens is 278 g/mol. The standard InChI is InChI=1S/C17H25N3O2/c1-21-15-6-2-13(3-7-15)17(8-10-22-11-9-17)12-19-16(18)20-14-4-5-14/h2-3,6-7,14H,4-5,8-12H2,1H3,(H3,18,19,20). The van der Waals surface area contributed by atoms with Crippen molar-refractivity contribution in [1.82, 2.24) is 5.32 Å². The average Bonchev–Trinajstić information content (AvgIpc) is 3.38. The lowest BCUT2D eigenvalue weighted by Crippen LogP contribution is -2.39. The molecule has 3 rings (SSSR count). The largest absolute Gasteiger partial charge is 0.497 e. The Labute approximate surface area is 131 Å². The SMILES string of the molecule is COc1ccc(C2(CN=C(N)NC3CC3)CCOCC2)cc1. The molecule has 120 valence electrons. The van der Waals surface area contributed by atoms with Crippen molar-refractivity contribution in [1.29, 1.82) is 0 Å². The van der Waals surface area contributed by atoms with Gasteiger partial charge in [-0.1, -0.05) is 12.1 Å². The van der Waals surface area contributed by atoms with Gasteiger partial charge in [0.1, 0.15) is 5.75 Å². The maximum Gasteiger partial charge on any atom is 0.188 e. The van der Waals surface area contributed by atoms with Gasteiger partial charge in [-0.3, -0.25) is 4.99 Å². The van der Waals surface area contributed by atoms with E-state index < -0.39 is 0 Å². The minimum Gasteiger partial charge on any atom is -0.497 e. The predicted octanol–water partition coefficient (Wildman–Crippen LogP) is 1.81. The number of guanidine groups is 1. The number of hydrogen-bond donors (Lipinski definition) is 2. The fraction of sp³-hybridized carbons (Fsp3) is 0.588. The summed E-state index contributed by atoms with van der Waals surface area (Å²) in [6, 6.07) is 8.86. The molecule has 1 heterocycles. The van der Waals surface area contributed by atoms with E-state index in [-0.39, 0.29) is 5.41 Å². The first-order valence-corrected chi connectivity index (χ1v) is 8.01. The first-order chi connectivity index (χ1) is 10.7. The van der Waals surface area contributed by atoms with E-state index in [0.717, 1.165) is 31.8 Å². The van der Waals surface area contributed by atoms with Gasteiger partial charge >= 0.3 is 0 Å². The fourth-order valence-electron chi connectivity index (χ4n) is 2.96. The van der Waals surface area contributed by atoms with Gasteiger partial charge < -0.3 is 20.5 Å². The molecule has 2 aliphatic rings. The second-order valence-corrected chi connectivity index (χ2v) is 6.24. The highest BCUT2D eigenvalue weighted by atomic mass is 16.5. The average molecular weight is 303 g/mol. The second-order valence-electron chi connectivity index (χ2n) is 6.24. The van der Waals surface area contributed by atoms with Gasteiger partial charge in [0, 0.05) is 24.7 Å². The highest BCUT2D eigenvalue weighted by molar-refractivity contribution is 5.78. The molecular formula is C17H25N3O2. The maximum atomic E-state index is 6.00. The summed E-state index contributed by atoms with van der Waals surface area (Å²) in [7, 11) is 1.69. The molecule has 2 fully saturated rings. The number of hydrogen-bond acceptors (Lipinski definition) is 3. The number of aliphatic imine (C=N–C) groups is 1. The zero-order chi connectivity index (χ0) is 15.4. The Morgan fingerprint density at radius 1 is 1.32 bits per heavy atom. The Balaban J connectivity index is 1.76. The zero-order valence-electron chi connectivity index (χ0n) is 13.2. The number of methoxy groups -OCH3 is 1. The Hall–Kier alpha value is -1.75. The highest BCUT2D eigenvalue weighted by Crippen LogP contribution is 2.36. The third-order valence-electron chi connectivity index (χ3n) is 4.63. The van der Waals surface area contributed by atoms with Crippen LogP contribution in [0.3, 0.4) is 0 Å². The summed E-state index contributed by atoms with van der Waals surface area (Å²) >= 11 is 0. The van der Waals surface area contributed by atoms with Crippen molar-refractivity contribution in [3.05, 3.63) is 29.8 Å². The summed E-state index contributed by atoms with van der Waals surface area (Å²) < 4.78 is 10.8. The molecule has 1 aliphatic heterocycles. The molecule has 0 radical (unpaired) electrons. The van der Waals surface area contributed by atoms with Gasteiger partial charge in [-0.05, 0) is 43.4 Å². The van der Waals surface area contributed by atoms with Crippen molar-refractivity contribution in [2.24, 2.45) is 10.7 Å². The van der Waals surface area contributed by atoms with E-state index in [0.29, 0.717) is 18.5 Å². The molecule has 5 nitrogen and oxygen atoms in total. The number of benzene rings is 1. The first kappa shape index (κ1) is 15.2. The molecule has 1 saturated heterocycles. The van der Waals surface area contributed by atoms with Crippen LogP contribution in [0.1, 0.15) is 31.2 Å². The van der Waals surface area contributed by atoms with Crippen LogP contribution in [0.4, 0.5) is 0 Å². The van der Waals surface area contributed by atoms with Crippen molar-refractivity contribution in [3.8, 4) is 5.75 Å². The Bertz CT molecular complexity index is 517. The van der Waals surface area contributed by atoms with Crippen LogP contribution >= 0.6 is 0 Å². The molecule has 1 saturated carbocycles. The van der Waals surface area contributed by atoms with E-state index in [1.165, 1.54) is 18.4 Å². The molecule has 0 bridgehead atoms. The lowest BCUT2D eigenvalue weighted by atomic mass is 9.74. The smallest absolute Gasteiger partial charge is 0.188 e. The van der Waals surface area contributed by atoms with Crippen LogP contribution in [0.25, 0.3) is 0 Å². The molecule has 0 spiro atoms. The first-order valence-electron chi connectivity index (χ1n) is 8.01. The fourth-order valence-corrected chi connectivity index (χ4v) is 2.96. The number of rotatable bonds is 5. The van der Waals surface area contributed by atoms with Crippen LogP contribution in [0, 0.1) is 0 Å². The van der Waals surface area contributed by atoms with Crippen LogP contribution in [-0.2, 0) is 10.2 Å². The lowest BCUT2D eigenvalue weighted by Gasteiger charge is -2.36. The van der Waals surface area contributed by atoms with Crippen molar-refractivity contribution >= 4 is 5.96 Å². The Kier molecular flexibility index (Phi) is 4.52. The van der Waals surface area contributed by atoms with Crippen LogP contribution in [0.2, 0.25) is 0 Å². The molecule has 22 heavy (non-hydrogen) atoms. The topological polar surface area (TPSA) is 68.9 Å². The van der Waals surface area contributed by atoms with E-state index in [4.69, 9.17) is 15.2 Å².